The van der Waals surface area contributed by atoms with Gasteiger partial charge in [-0.2, -0.15) is 0 Å². The highest BCUT2D eigenvalue weighted by atomic mass is 16.5. The summed E-state index contributed by atoms with van der Waals surface area (Å²) in [6, 6.07) is 9.55. The van der Waals surface area contributed by atoms with Gasteiger partial charge in [-0.1, -0.05) is 18.2 Å². The van der Waals surface area contributed by atoms with Crippen molar-refractivity contribution in [3.63, 3.8) is 0 Å². The van der Waals surface area contributed by atoms with E-state index in [4.69, 9.17) is 4.74 Å². The normalized spacial score (nSPS) is 15.8. The molecule has 1 aliphatic rings. The van der Waals surface area contributed by atoms with Crippen LogP contribution in [0.4, 0.5) is 5.69 Å². The van der Waals surface area contributed by atoms with E-state index in [0.717, 1.165) is 17.7 Å². The molecule has 130 valence electrons. The number of fused-ring (bicyclic) bond motifs is 1. The average Bonchev–Trinajstić information content (AvgIpc) is 2.97. The van der Waals surface area contributed by atoms with E-state index in [1.807, 2.05) is 31.2 Å². The van der Waals surface area contributed by atoms with Crippen LogP contribution in [0.3, 0.4) is 0 Å². The van der Waals surface area contributed by atoms with E-state index >= 15 is 0 Å². The Balaban J connectivity index is 1.81. The first-order valence-corrected chi connectivity index (χ1v) is 8.25. The summed E-state index contributed by atoms with van der Waals surface area (Å²) in [6.45, 7) is 2.86. The minimum atomic E-state index is -0.269. The van der Waals surface area contributed by atoms with Crippen molar-refractivity contribution in [2.24, 2.45) is 0 Å². The molecule has 0 spiro atoms. The van der Waals surface area contributed by atoms with E-state index in [-0.39, 0.29) is 17.9 Å². The molecule has 2 aromatic rings. The Hall–Kier alpha value is -2.73. The number of pyridine rings is 1. The zero-order valence-corrected chi connectivity index (χ0v) is 14.4. The monoisotopic (exact) mass is 339 g/mol. The van der Waals surface area contributed by atoms with Crippen molar-refractivity contribution < 1.29 is 14.3 Å². The third kappa shape index (κ3) is 3.53. The van der Waals surface area contributed by atoms with E-state index < -0.39 is 0 Å². The molecule has 1 aromatic heterocycles. The van der Waals surface area contributed by atoms with E-state index in [1.54, 1.807) is 18.1 Å². The van der Waals surface area contributed by atoms with Gasteiger partial charge in [0.2, 0.25) is 0 Å². The summed E-state index contributed by atoms with van der Waals surface area (Å²) in [6.07, 6.45) is 3.79. The Morgan fingerprint density at radius 2 is 2.04 bits per heavy atom. The van der Waals surface area contributed by atoms with Gasteiger partial charge in [0.05, 0.1) is 17.7 Å². The van der Waals surface area contributed by atoms with Gasteiger partial charge in [0, 0.05) is 37.8 Å². The minimum absolute atomic E-state index is 0.0732. The molecule has 1 aromatic carbocycles. The summed E-state index contributed by atoms with van der Waals surface area (Å²) < 4.78 is 4.91. The van der Waals surface area contributed by atoms with Gasteiger partial charge in [0.1, 0.15) is 0 Å². The number of nitrogens with one attached hydrogen (secondary N) is 1. The lowest BCUT2D eigenvalue weighted by Gasteiger charge is -2.22. The summed E-state index contributed by atoms with van der Waals surface area (Å²) in [5, 5.41) is 2.73. The summed E-state index contributed by atoms with van der Waals surface area (Å²) in [4.78, 5) is 31.0. The van der Waals surface area contributed by atoms with Gasteiger partial charge in [-0.25, -0.2) is 0 Å². The lowest BCUT2D eigenvalue weighted by Crippen LogP contribution is -2.36. The number of nitrogens with zero attached hydrogens (tertiary/aromatic N) is 2. The van der Waals surface area contributed by atoms with Crippen LogP contribution in [0.25, 0.3) is 0 Å². The second kappa shape index (κ2) is 7.44. The number of hydrogen-bond acceptors (Lipinski definition) is 4. The summed E-state index contributed by atoms with van der Waals surface area (Å²) in [5.74, 6) is -0.412. The highest BCUT2D eigenvalue weighted by Crippen LogP contribution is 2.32. The summed E-state index contributed by atoms with van der Waals surface area (Å²) in [5.41, 5.74) is 2.85. The maximum absolute atomic E-state index is 13.0. The van der Waals surface area contributed by atoms with Crippen LogP contribution in [0, 0.1) is 0 Å². The number of methoxy groups -OCH3 is 1. The molecule has 25 heavy (non-hydrogen) atoms. The molecule has 3 rings (SSSR count). The first-order valence-electron chi connectivity index (χ1n) is 8.25. The van der Waals surface area contributed by atoms with Crippen molar-refractivity contribution in [1.29, 1.82) is 0 Å². The first kappa shape index (κ1) is 17.1. The summed E-state index contributed by atoms with van der Waals surface area (Å²) >= 11 is 0. The van der Waals surface area contributed by atoms with Crippen LogP contribution in [0.1, 0.15) is 33.2 Å². The van der Waals surface area contributed by atoms with Crippen LogP contribution in [-0.4, -0.2) is 43.1 Å². The molecule has 0 fully saturated rings. The first-order chi connectivity index (χ1) is 12.1. The van der Waals surface area contributed by atoms with Gasteiger partial charge < -0.3 is 15.0 Å². The predicted octanol–water partition coefficient (Wildman–Crippen LogP) is 2.05. The number of benzene rings is 1. The number of hydrogen-bond donors (Lipinski definition) is 1. The van der Waals surface area contributed by atoms with Crippen molar-refractivity contribution in [2.75, 3.05) is 25.2 Å². The van der Waals surface area contributed by atoms with Gasteiger partial charge in [0.25, 0.3) is 11.8 Å². The number of ether oxygens (including phenoxy) is 1. The molecule has 6 heteroatoms. The number of aromatic nitrogens is 1. The maximum Gasteiger partial charge on any atom is 0.260 e. The minimum Gasteiger partial charge on any atom is -0.383 e. The SMILES string of the molecule is COCCNC(=O)c1cncc(C(=O)N2c3ccccc3CC2C)c1. The lowest BCUT2D eigenvalue weighted by molar-refractivity contribution is 0.0936. The van der Waals surface area contributed by atoms with E-state index in [9.17, 15) is 9.59 Å². The molecular weight excluding hydrogens is 318 g/mol. The Labute approximate surface area is 146 Å². The molecule has 0 saturated carbocycles. The molecular formula is C19H21N3O3. The van der Waals surface area contributed by atoms with Crippen LogP contribution >= 0.6 is 0 Å². The quantitative estimate of drug-likeness (QED) is 0.847. The maximum atomic E-state index is 13.0. The zero-order chi connectivity index (χ0) is 17.8. The van der Waals surface area contributed by atoms with Crippen LogP contribution in [0.2, 0.25) is 0 Å². The molecule has 1 aliphatic heterocycles. The predicted molar refractivity (Wildman–Crippen MR) is 94.9 cm³/mol. The van der Waals surface area contributed by atoms with Crippen molar-refractivity contribution in [1.82, 2.24) is 10.3 Å². The van der Waals surface area contributed by atoms with Gasteiger partial charge in [-0.15, -0.1) is 0 Å². The number of para-hydroxylation sites is 1. The van der Waals surface area contributed by atoms with Crippen molar-refractivity contribution in [3.05, 3.63) is 59.4 Å². The standard InChI is InChI=1S/C19H21N3O3/c1-13-9-14-5-3-4-6-17(14)22(13)19(24)16-10-15(11-20-12-16)18(23)21-7-8-25-2/h3-6,10-13H,7-9H2,1-2H3,(H,21,23). The number of carbonyl (C=O) groups excluding carboxylic acids is 2. The van der Waals surface area contributed by atoms with Crippen LogP contribution < -0.4 is 10.2 Å². The molecule has 0 radical (unpaired) electrons. The molecule has 0 aliphatic carbocycles. The molecule has 0 bridgehead atoms. The van der Waals surface area contributed by atoms with Crippen LogP contribution in [-0.2, 0) is 11.2 Å². The molecule has 1 unspecified atom stereocenters. The number of amides is 2. The van der Waals surface area contributed by atoms with Crippen molar-refractivity contribution in [3.8, 4) is 0 Å². The largest absolute Gasteiger partial charge is 0.383 e. The third-order valence-corrected chi connectivity index (χ3v) is 4.27. The zero-order valence-electron chi connectivity index (χ0n) is 14.4. The van der Waals surface area contributed by atoms with Crippen LogP contribution in [0.5, 0.6) is 0 Å². The molecule has 1 N–H and O–H groups in total. The number of carbonyl (C=O) groups is 2. The summed E-state index contributed by atoms with van der Waals surface area (Å²) in [7, 11) is 1.57. The third-order valence-electron chi connectivity index (χ3n) is 4.27. The van der Waals surface area contributed by atoms with Gasteiger partial charge >= 0.3 is 0 Å². The lowest BCUT2D eigenvalue weighted by atomic mass is 10.1. The van der Waals surface area contributed by atoms with Crippen molar-refractivity contribution in [2.45, 2.75) is 19.4 Å². The highest BCUT2D eigenvalue weighted by Gasteiger charge is 2.31. The Morgan fingerprint density at radius 3 is 2.84 bits per heavy atom. The Bertz CT molecular complexity index is 791. The molecule has 6 nitrogen and oxygen atoms in total. The fourth-order valence-corrected chi connectivity index (χ4v) is 3.06. The van der Waals surface area contributed by atoms with E-state index in [0.29, 0.717) is 24.3 Å². The Kier molecular flexibility index (Phi) is 5.09. The van der Waals surface area contributed by atoms with Gasteiger partial charge in [0.15, 0.2) is 0 Å². The highest BCUT2D eigenvalue weighted by molar-refractivity contribution is 6.08. The Morgan fingerprint density at radius 1 is 1.28 bits per heavy atom. The topological polar surface area (TPSA) is 71.5 Å². The molecule has 2 heterocycles. The van der Waals surface area contributed by atoms with Gasteiger partial charge in [-0.3, -0.25) is 14.6 Å². The number of anilines is 1. The van der Waals surface area contributed by atoms with Crippen molar-refractivity contribution >= 4 is 17.5 Å². The molecule has 1 atom stereocenters. The average molecular weight is 339 g/mol. The molecule has 0 saturated heterocycles. The van der Waals surface area contributed by atoms with E-state index in [1.165, 1.54) is 12.4 Å². The molecule has 2 amide bonds. The number of rotatable bonds is 5. The fraction of sp³-hybridized carbons (Fsp3) is 0.316. The van der Waals surface area contributed by atoms with Crippen LogP contribution in [0.15, 0.2) is 42.7 Å². The second-order valence-corrected chi connectivity index (χ2v) is 6.07. The smallest absolute Gasteiger partial charge is 0.260 e. The second-order valence-electron chi connectivity index (χ2n) is 6.07. The van der Waals surface area contributed by atoms with Gasteiger partial charge in [-0.05, 0) is 31.0 Å². The fourth-order valence-electron chi connectivity index (χ4n) is 3.06. The van der Waals surface area contributed by atoms with E-state index in [2.05, 4.69) is 10.3 Å².